The van der Waals surface area contributed by atoms with E-state index in [9.17, 15) is 9.59 Å². The van der Waals surface area contributed by atoms with E-state index in [2.05, 4.69) is 0 Å². The first kappa shape index (κ1) is 14.9. The second-order valence-electron chi connectivity index (χ2n) is 6.47. The molecule has 0 saturated carbocycles. The molecular formula is C22H14O4. The molecule has 5 rings (SSSR count). The molecule has 1 aliphatic rings. The maximum atomic E-state index is 12.7. The van der Waals surface area contributed by atoms with Gasteiger partial charge in [-0.3, -0.25) is 4.79 Å². The zero-order chi connectivity index (χ0) is 17.7. The lowest BCUT2D eigenvalue weighted by Gasteiger charge is -2.24. The minimum absolute atomic E-state index is 0.119. The molecule has 0 spiro atoms. The molecular weight excluding hydrogens is 328 g/mol. The fourth-order valence-electron chi connectivity index (χ4n) is 3.68. The van der Waals surface area contributed by atoms with Crippen molar-refractivity contribution in [3.05, 3.63) is 88.3 Å². The summed E-state index contributed by atoms with van der Waals surface area (Å²) in [6.07, 6.45) is 0.119. The summed E-state index contributed by atoms with van der Waals surface area (Å²) in [4.78, 5) is 24.9. The molecule has 3 aromatic carbocycles. The van der Waals surface area contributed by atoms with E-state index in [0.717, 1.165) is 16.3 Å². The third kappa shape index (κ3) is 2.23. The fourth-order valence-corrected chi connectivity index (χ4v) is 3.68. The van der Waals surface area contributed by atoms with Gasteiger partial charge < -0.3 is 9.15 Å². The second kappa shape index (κ2) is 5.56. The first-order valence-electron chi connectivity index (χ1n) is 8.46. The molecule has 1 atom stereocenters. The quantitative estimate of drug-likeness (QED) is 0.380. The molecule has 0 N–H and O–H groups in total. The van der Waals surface area contributed by atoms with Crippen molar-refractivity contribution in [3.63, 3.8) is 0 Å². The van der Waals surface area contributed by atoms with Crippen LogP contribution in [0.2, 0.25) is 0 Å². The summed E-state index contributed by atoms with van der Waals surface area (Å²) in [5, 5.41) is 2.82. The summed E-state index contributed by atoms with van der Waals surface area (Å²) in [6, 6.07) is 21.1. The second-order valence-corrected chi connectivity index (χ2v) is 6.47. The van der Waals surface area contributed by atoms with Crippen molar-refractivity contribution >= 4 is 27.7 Å². The Morgan fingerprint density at radius 1 is 0.846 bits per heavy atom. The highest BCUT2D eigenvalue weighted by molar-refractivity contribution is 5.90. The standard InChI is InChI=1S/C22H14O4/c23-19-12-17(15-10-9-13-5-1-2-6-14(13)11-15)20-21(26-19)16-7-3-4-8-18(16)25-22(20)24/h1-11,17H,12H2/t17-/m1/s1. The van der Waals surface area contributed by atoms with E-state index in [0.29, 0.717) is 22.3 Å². The van der Waals surface area contributed by atoms with Gasteiger partial charge in [-0.25, -0.2) is 4.79 Å². The van der Waals surface area contributed by atoms with Gasteiger partial charge in [0.05, 0.1) is 17.4 Å². The van der Waals surface area contributed by atoms with Crippen LogP contribution in [0.4, 0.5) is 0 Å². The van der Waals surface area contributed by atoms with Crippen LogP contribution in [0.25, 0.3) is 21.7 Å². The van der Waals surface area contributed by atoms with Crippen LogP contribution in [-0.4, -0.2) is 5.97 Å². The summed E-state index contributed by atoms with van der Waals surface area (Å²) in [5.41, 5.74) is 1.29. The monoisotopic (exact) mass is 342 g/mol. The molecule has 0 radical (unpaired) electrons. The largest absolute Gasteiger partial charge is 0.425 e. The highest BCUT2D eigenvalue weighted by Crippen LogP contribution is 2.41. The van der Waals surface area contributed by atoms with Crippen LogP contribution >= 0.6 is 0 Å². The summed E-state index contributed by atoms with van der Waals surface area (Å²) in [6.45, 7) is 0. The number of ether oxygens (including phenoxy) is 1. The van der Waals surface area contributed by atoms with Crippen LogP contribution in [0.15, 0.2) is 75.9 Å². The van der Waals surface area contributed by atoms with Crippen molar-refractivity contribution in [2.45, 2.75) is 12.3 Å². The number of hydrogen-bond acceptors (Lipinski definition) is 4. The Balaban J connectivity index is 1.78. The van der Waals surface area contributed by atoms with Crippen molar-refractivity contribution < 1.29 is 13.9 Å². The number of fused-ring (bicyclic) bond motifs is 4. The number of para-hydroxylation sites is 1. The Hall–Kier alpha value is -3.40. The highest BCUT2D eigenvalue weighted by atomic mass is 16.5. The SMILES string of the molecule is O=C1C[C@H](c2ccc3ccccc3c2)c2c(c3ccccc3oc2=O)O1. The van der Waals surface area contributed by atoms with Gasteiger partial charge in [0.25, 0.3) is 0 Å². The number of carbonyl (C=O) groups excluding carboxylic acids is 1. The maximum absolute atomic E-state index is 12.7. The average Bonchev–Trinajstić information content (AvgIpc) is 2.67. The number of carbonyl (C=O) groups is 1. The van der Waals surface area contributed by atoms with Gasteiger partial charge in [-0.1, -0.05) is 54.6 Å². The molecule has 26 heavy (non-hydrogen) atoms. The lowest BCUT2D eigenvalue weighted by atomic mass is 9.86. The molecule has 0 saturated heterocycles. The maximum Gasteiger partial charge on any atom is 0.343 e. The van der Waals surface area contributed by atoms with Crippen molar-refractivity contribution in [1.29, 1.82) is 0 Å². The van der Waals surface area contributed by atoms with Crippen LogP contribution in [0.1, 0.15) is 23.5 Å². The summed E-state index contributed by atoms with van der Waals surface area (Å²) in [5.74, 6) is -0.394. The van der Waals surface area contributed by atoms with E-state index in [1.165, 1.54) is 0 Å². The molecule has 0 amide bonds. The first-order valence-corrected chi connectivity index (χ1v) is 8.46. The van der Waals surface area contributed by atoms with Crippen molar-refractivity contribution in [1.82, 2.24) is 0 Å². The minimum atomic E-state index is -0.454. The van der Waals surface area contributed by atoms with Crippen molar-refractivity contribution in [3.8, 4) is 5.75 Å². The van der Waals surface area contributed by atoms with Crippen molar-refractivity contribution in [2.75, 3.05) is 0 Å². The van der Waals surface area contributed by atoms with Gasteiger partial charge in [-0.05, 0) is 28.5 Å². The number of rotatable bonds is 1. The molecule has 4 heteroatoms. The zero-order valence-corrected chi connectivity index (χ0v) is 13.8. The Kier molecular flexibility index (Phi) is 3.19. The van der Waals surface area contributed by atoms with Gasteiger partial charge >= 0.3 is 11.6 Å². The molecule has 4 nitrogen and oxygen atoms in total. The Bertz CT molecular complexity index is 1240. The molecule has 126 valence electrons. The lowest BCUT2D eigenvalue weighted by molar-refractivity contribution is -0.135. The van der Waals surface area contributed by atoms with Gasteiger partial charge in [0.1, 0.15) is 5.58 Å². The van der Waals surface area contributed by atoms with Gasteiger partial charge in [0.15, 0.2) is 5.75 Å². The minimum Gasteiger partial charge on any atom is -0.425 e. The summed E-state index contributed by atoms with van der Waals surface area (Å²) >= 11 is 0. The van der Waals surface area contributed by atoms with Crippen LogP contribution in [0.5, 0.6) is 5.75 Å². The molecule has 0 aliphatic carbocycles. The van der Waals surface area contributed by atoms with Gasteiger partial charge in [0, 0.05) is 5.92 Å². The van der Waals surface area contributed by atoms with Gasteiger partial charge in [-0.15, -0.1) is 0 Å². The van der Waals surface area contributed by atoms with E-state index >= 15 is 0 Å². The predicted octanol–water partition coefficient (Wildman–Crippen LogP) is 4.39. The molecule has 0 unspecified atom stereocenters. The molecule has 0 bridgehead atoms. The molecule has 1 aromatic heterocycles. The molecule has 1 aliphatic heterocycles. The molecule has 4 aromatic rings. The fraction of sp³-hybridized carbons (Fsp3) is 0.0909. The molecule has 2 heterocycles. The van der Waals surface area contributed by atoms with Crippen LogP contribution in [-0.2, 0) is 4.79 Å². The Morgan fingerprint density at radius 3 is 2.50 bits per heavy atom. The van der Waals surface area contributed by atoms with Crippen LogP contribution < -0.4 is 10.4 Å². The van der Waals surface area contributed by atoms with Gasteiger partial charge in [-0.2, -0.15) is 0 Å². The normalized spacial score (nSPS) is 16.5. The average molecular weight is 342 g/mol. The third-order valence-electron chi connectivity index (χ3n) is 4.91. The first-order chi connectivity index (χ1) is 12.7. The topological polar surface area (TPSA) is 56.5 Å². The smallest absolute Gasteiger partial charge is 0.343 e. The predicted molar refractivity (Wildman–Crippen MR) is 98.5 cm³/mol. The number of benzene rings is 3. The number of hydrogen-bond donors (Lipinski definition) is 0. The Morgan fingerprint density at radius 2 is 1.62 bits per heavy atom. The van der Waals surface area contributed by atoms with E-state index in [-0.39, 0.29) is 18.3 Å². The molecule has 0 fully saturated rings. The van der Waals surface area contributed by atoms with E-state index < -0.39 is 5.63 Å². The van der Waals surface area contributed by atoms with Crippen LogP contribution in [0.3, 0.4) is 0 Å². The third-order valence-corrected chi connectivity index (χ3v) is 4.91. The lowest BCUT2D eigenvalue weighted by Crippen LogP contribution is -2.26. The zero-order valence-electron chi connectivity index (χ0n) is 13.8. The Labute approximate surface area is 148 Å². The van der Waals surface area contributed by atoms with E-state index in [1.54, 1.807) is 18.2 Å². The van der Waals surface area contributed by atoms with Crippen LogP contribution in [0, 0.1) is 0 Å². The van der Waals surface area contributed by atoms with E-state index in [4.69, 9.17) is 9.15 Å². The summed E-state index contributed by atoms with van der Waals surface area (Å²) < 4.78 is 11.0. The van der Waals surface area contributed by atoms with Crippen molar-refractivity contribution in [2.24, 2.45) is 0 Å². The summed E-state index contributed by atoms with van der Waals surface area (Å²) in [7, 11) is 0. The van der Waals surface area contributed by atoms with E-state index in [1.807, 2.05) is 48.5 Å². The number of esters is 1. The highest BCUT2D eigenvalue weighted by Gasteiger charge is 2.33. The van der Waals surface area contributed by atoms with Gasteiger partial charge in [0.2, 0.25) is 0 Å².